The topological polar surface area (TPSA) is 79.5 Å². The van der Waals surface area contributed by atoms with Crippen molar-refractivity contribution in [1.29, 1.82) is 0 Å². The van der Waals surface area contributed by atoms with Crippen molar-refractivity contribution in [1.82, 2.24) is 15.2 Å². The molecular formula is C20H18Br2N4O2. The van der Waals surface area contributed by atoms with Gasteiger partial charge >= 0.3 is 0 Å². The molecule has 3 aromatic rings. The van der Waals surface area contributed by atoms with Gasteiger partial charge in [-0.3, -0.25) is 9.48 Å². The highest BCUT2D eigenvalue weighted by Gasteiger charge is 2.08. The highest BCUT2D eigenvalue weighted by Crippen LogP contribution is 2.30. The molecule has 2 N–H and O–H groups in total. The van der Waals surface area contributed by atoms with Crippen molar-refractivity contribution in [2.75, 3.05) is 0 Å². The van der Waals surface area contributed by atoms with Crippen LogP contribution in [0.4, 0.5) is 0 Å². The third-order valence-electron chi connectivity index (χ3n) is 4.05. The van der Waals surface area contributed by atoms with E-state index in [9.17, 15) is 9.90 Å². The molecule has 28 heavy (non-hydrogen) atoms. The van der Waals surface area contributed by atoms with Gasteiger partial charge in [0.05, 0.1) is 22.9 Å². The van der Waals surface area contributed by atoms with Crippen molar-refractivity contribution < 1.29 is 9.90 Å². The fourth-order valence-electron chi connectivity index (χ4n) is 2.73. The van der Waals surface area contributed by atoms with Gasteiger partial charge in [0.2, 0.25) is 0 Å². The molecular weight excluding hydrogens is 488 g/mol. The van der Waals surface area contributed by atoms with Crippen molar-refractivity contribution in [2.24, 2.45) is 5.10 Å². The van der Waals surface area contributed by atoms with Crippen LogP contribution in [0.1, 0.15) is 32.9 Å². The van der Waals surface area contributed by atoms with Crippen molar-refractivity contribution >= 4 is 44.0 Å². The molecule has 2 aromatic carbocycles. The quantitative estimate of drug-likeness (QED) is 0.394. The van der Waals surface area contributed by atoms with Crippen LogP contribution >= 0.6 is 31.9 Å². The summed E-state index contributed by atoms with van der Waals surface area (Å²) in [6, 6.07) is 12.8. The van der Waals surface area contributed by atoms with Crippen LogP contribution in [0.25, 0.3) is 0 Å². The molecule has 1 heterocycles. The van der Waals surface area contributed by atoms with Crippen LogP contribution in [0.15, 0.2) is 56.5 Å². The summed E-state index contributed by atoms with van der Waals surface area (Å²) in [4.78, 5) is 12.4. The first-order chi connectivity index (χ1) is 13.3. The standard InChI is InChI=1S/C20H18Br2N4O2/c1-12-6-13(2)26(25-12)11-14-4-3-5-15(7-14)20(28)24-23-10-16-8-17(21)9-18(22)19(16)27/h3-10,27H,11H2,1-2H3,(H,24,28)/b23-10-. The van der Waals surface area contributed by atoms with Gasteiger partial charge in [-0.25, -0.2) is 5.43 Å². The van der Waals surface area contributed by atoms with Crippen LogP contribution in [0.3, 0.4) is 0 Å². The van der Waals surface area contributed by atoms with E-state index in [2.05, 4.69) is 47.5 Å². The Bertz CT molecular complexity index is 1060. The summed E-state index contributed by atoms with van der Waals surface area (Å²) in [5.74, 6) is -0.284. The number of benzene rings is 2. The fourth-order valence-corrected chi connectivity index (χ4v) is 3.99. The first-order valence-corrected chi connectivity index (χ1v) is 10.0. The molecule has 0 spiro atoms. The van der Waals surface area contributed by atoms with E-state index in [1.807, 2.05) is 42.8 Å². The molecule has 0 atom stereocenters. The van der Waals surface area contributed by atoms with E-state index >= 15 is 0 Å². The van der Waals surface area contributed by atoms with E-state index in [-0.39, 0.29) is 11.7 Å². The van der Waals surface area contributed by atoms with Gasteiger partial charge in [0.15, 0.2) is 0 Å². The summed E-state index contributed by atoms with van der Waals surface area (Å²) in [5.41, 5.74) is 6.45. The average Bonchev–Trinajstić information content (AvgIpc) is 2.96. The monoisotopic (exact) mass is 504 g/mol. The highest BCUT2D eigenvalue weighted by atomic mass is 79.9. The number of hydrazone groups is 1. The number of hydrogen-bond donors (Lipinski definition) is 2. The van der Waals surface area contributed by atoms with Gasteiger partial charge in [-0.1, -0.05) is 28.1 Å². The molecule has 0 saturated carbocycles. The maximum Gasteiger partial charge on any atom is 0.271 e. The molecule has 8 heteroatoms. The number of phenols is 1. The Labute approximate surface area is 179 Å². The maximum absolute atomic E-state index is 12.4. The van der Waals surface area contributed by atoms with Crippen molar-refractivity contribution in [2.45, 2.75) is 20.4 Å². The fraction of sp³-hybridized carbons (Fsp3) is 0.150. The van der Waals surface area contributed by atoms with Gasteiger partial charge in [-0.05, 0) is 65.7 Å². The predicted molar refractivity (Wildman–Crippen MR) is 116 cm³/mol. The molecule has 0 radical (unpaired) electrons. The molecule has 0 unspecified atom stereocenters. The van der Waals surface area contributed by atoms with Gasteiger partial charge in [0.1, 0.15) is 5.75 Å². The van der Waals surface area contributed by atoms with E-state index in [0.717, 1.165) is 21.4 Å². The smallest absolute Gasteiger partial charge is 0.271 e. The third kappa shape index (κ3) is 4.88. The van der Waals surface area contributed by atoms with Gasteiger partial charge < -0.3 is 5.11 Å². The molecule has 144 valence electrons. The van der Waals surface area contributed by atoms with Crippen LogP contribution in [-0.2, 0) is 6.54 Å². The number of rotatable bonds is 5. The number of amides is 1. The minimum atomic E-state index is -0.333. The lowest BCUT2D eigenvalue weighted by atomic mass is 10.1. The highest BCUT2D eigenvalue weighted by molar-refractivity contribution is 9.11. The molecule has 3 rings (SSSR count). The number of carbonyl (C=O) groups excluding carboxylic acids is 1. The number of nitrogens with one attached hydrogen (secondary N) is 1. The number of carbonyl (C=O) groups is 1. The van der Waals surface area contributed by atoms with Crippen molar-refractivity contribution in [3.63, 3.8) is 0 Å². The van der Waals surface area contributed by atoms with Gasteiger partial charge in [-0.15, -0.1) is 0 Å². The number of hydrogen-bond acceptors (Lipinski definition) is 4. The van der Waals surface area contributed by atoms with E-state index in [1.54, 1.807) is 18.2 Å². The average molecular weight is 506 g/mol. The zero-order valence-electron chi connectivity index (χ0n) is 15.3. The predicted octanol–water partition coefficient (Wildman–Crippen LogP) is 4.54. The van der Waals surface area contributed by atoms with E-state index in [1.165, 1.54) is 6.21 Å². The Morgan fingerprint density at radius 1 is 1.25 bits per heavy atom. The molecule has 0 bridgehead atoms. The zero-order valence-corrected chi connectivity index (χ0v) is 18.5. The summed E-state index contributed by atoms with van der Waals surface area (Å²) < 4.78 is 3.21. The summed E-state index contributed by atoms with van der Waals surface area (Å²) in [6.07, 6.45) is 1.39. The molecule has 1 amide bonds. The molecule has 0 fully saturated rings. The summed E-state index contributed by atoms with van der Waals surface area (Å²) >= 11 is 6.61. The van der Waals surface area contributed by atoms with Gasteiger partial charge in [0.25, 0.3) is 5.91 Å². The summed E-state index contributed by atoms with van der Waals surface area (Å²) in [5, 5.41) is 18.4. The van der Waals surface area contributed by atoms with Crippen LogP contribution in [0, 0.1) is 13.8 Å². The van der Waals surface area contributed by atoms with Gasteiger partial charge in [-0.2, -0.15) is 10.2 Å². The van der Waals surface area contributed by atoms with E-state index in [4.69, 9.17) is 0 Å². The zero-order chi connectivity index (χ0) is 20.3. The maximum atomic E-state index is 12.4. The Hall–Kier alpha value is -2.45. The number of aromatic nitrogens is 2. The molecule has 0 aliphatic heterocycles. The second-order valence-electron chi connectivity index (χ2n) is 6.31. The second kappa shape index (κ2) is 8.70. The number of nitrogens with zero attached hydrogens (tertiary/aromatic N) is 3. The van der Waals surface area contributed by atoms with E-state index in [0.29, 0.717) is 22.1 Å². The van der Waals surface area contributed by atoms with Crippen molar-refractivity contribution in [3.05, 3.63) is 79.5 Å². The summed E-state index contributed by atoms with van der Waals surface area (Å²) in [7, 11) is 0. The van der Waals surface area contributed by atoms with E-state index < -0.39 is 0 Å². The number of halogens is 2. The minimum Gasteiger partial charge on any atom is -0.506 e. The van der Waals surface area contributed by atoms with Crippen molar-refractivity contribution in [3.8, 4) is 5.75 Å². The number of phenolic OH excluding ortho intramolecular Hbond substituents is 1. The largest absolute Gasteiger partial charge is 0.506 e. The Kier molecular flexibility index (Phi) is 6.31. The van der Waals surface area contributed by atoms with Crippen LogP contribution in [-0.4, -0.2) is 27.0 Å². The van der Waals surface area contributed by atoms with Gasteiger partial charge in [0, 0.05) is 21.3 Å². The van der Waals surface area contributed by atoms with Crippen LogP contribution < -0.4 is 5.43 Å². The molecule has 0 aliphatic carbocycles. The normalized spacial score (nSPS) is 11.1. The summed E-state index contributed by atoms with van der Waals surface area (Å²) in [6.45, 7) is 4.54. The minimum absolute atomic E-state index is 0.0492. The number of aryl methyl sites for hydroxylation is 2. The third-order valence-corrected chi connectivity index (χ3v) is 5.11. The first kappa shape index (κ1) is 20.3. The number of aromatic hydroxyl groups is 1. The SMILES string of the molecule is Cc1cc(C)n(Cc2cccc(C(=O)N/N=C\c3cc(Br)cc(Br)c3O)c2)n1. The second-order valence-corrected chi connectivity index (χ2v) is 8.08. The Balaban J connectivity index is 1.70. The molecule has 0 saturated heterocycles. The molecule has 1 aromatic heterocycles. The Morgan fingerprint density at radius 2 is 2.04 bits per heavy atom. The lowest BCUT2D eigenvalue weighted by Gasteiger charge is -2.07. The van der Waals surface area contributed by atoms with Crippen LogP contribution in [0.2, 0.25) is 0 Å². The molecule has 6 nitrogen and oxygen atoms in total. The molecule has 0 aliphatic rings. The van der Waals surface area contributed by atoms with Crippen LogP contribution in [0.5, 0.6) is 5.75 Å². The lowest BCUT2D eigenvalue weighted by molar-refractivity contribution is 0.0955. The lowest BCUT2D eigenvalue weighted by Crippen LogP contribution is -2.18. The first-order valence-electron chi connectivity index (χ1n) is 8.45. The Morgan fingerprint density at radius 3 is 2.75 bits per heavy atom.